The van der Waals surface area contributed by atoms with Crippen molar-refractivity contribution < 1.29 is 9.47 Å². The Bertz CT molecular complexity index is 2270. The van der Waals surface area contributed by atoms with Crippen LogP contribution in [0.25, 0.3) is 11.4 Å². The van der Waals surface area contributed by atoms with Crippen molar-refractivity contribution >= 4 is 58.3 Å². The fourth-order valence-electron chi connectivity index (χ4n) is 6.54. The number of benzene rings is 2. The van der Waals surface area contributed by atoms with Crippen LogP contribution in [0.15, 0.2) is 73.1 Å². The summed E-state index contributed by atoms with van der Waals surface area (Å²) in [6.07, 6.45) is 7.92. The normalized spacial score (nSPS) is 16.3. The zero-order chi connectivity index (χ0) is 40.4. The molecule has 2 saturated heterocycles. The van der Waals surface area contributed by atoms with Gasteiger partial charge in [-0.05, 0) is 104 Å². The molecule has 2 aliphatic heterocycles. The van der Waals surface area contributed by atoms with E-state index in [0.29, 0.717) is 68.2 Å². The minimum Gasteiger partial charge on any atom is -0.474 e. The smallest absolute Gasteiger partial charge is 0.248 e. The van der Waals surface area contributed by atoms with Crippen LogP contribution in [0.2, 0.25) is 20.1 Å². The van der Waals surface area contributed by atoms with Crippen molar-refractivity contribution in [2.24, 2.45) is 0 Å². The van der Waals surface area contributed by atoms with Crippen LogP contribution in [0, 0.1) is 0 Å². The summed E-state index contributed by atoms with van der Waals surface area (Å²) in [5.74, 6) is 2.15. The summed E-state index contributed by atoms with van der Waals surface area (Å²) in [5.41, 5.74) is 3.05. The summed E-state index contributed by atoms with van der Waals surface area (Å²) < 4.78 is 15.4. The third-order valence-corrected chi connectivity index (χ3v) is 11.3. The van der Waals surface area contributed by atoms with Gasteiger partial charge in [0, 0.05) is 56.2 Å². The maximum atomic E-state index is 6.31. The van der Waals surface area contributed by atoms with Gasteiger partial charge in [-0.1, -0.05) is 80.9 Å². The highest BCUT2D eigenvalue weighted by Gasteiger charge is 2.22. The predicted octanol–water partition coefficient (Wildman–Crippen LogP) is 6.90. The summed E-state index contributed by atoms with van der Waals surface area (Å²) in [7, 11) is 4.24. The monoisotopic (exact) mass is 866 g/mol. The molecule has 0 bridgehead atoms. The van der Waals surface area contributed by atoms with E-state index in [0.717, 1.165) is 63.0 Å². The molecule has 2 fully saturated rings. The van der Waals surface area contributed by atoms with Crippen molar-refractivity contribution in [3.8, 4) is 23.1 Å². The lowest BCUT2D eigenvalue weighted by Crippen LogP contribution is -2.38. The SMILES string of the molecule is CN1CCC(Oc2ncccc2CNc2nnnn2-c2cccc(Cl)c2Cl)CC1.CN1CCCC(Oc2ncccc2CNc2nnnn2-c2cccc(Cl)c2Cl)C1. The van der Waals surface area contributed by atoms with Crippen molar-refractivity contribution in [1.82, 2.24) is 60.2 Å². The van der Waals surface area contributed by atoms with E-state index in [9.17, 15) is 0 Å². The van der Waals surface area contributed by atoms with Crippen LogP contribution >= 0.6 is 46.4 Å². The number of rotatable bonds is 12. The van der Waals surface area contributed by atoms with Crippen molar-refractivity contribution in [1.29, 1.82) is 0 Å². The Morgan fingerprint density at radius 3 is 1.66 bits per heavy atom. The van der Waals surface area contributed by atoms with Gasteiger partial charge in [0.25, 0.3) is 0 Å². The molecule has 0 amide bonds. The second-order valence-corrected chi connectivity index (χ2v) is 15.5. The van der Waals surface area contributed by atoms with E-state index in [1.165, 1.54) is 9.36 Å². The van der Waals surface area contributed by atoms with Crippen LogP contribution in [-0.2, 0) is 13.1 Å². The molecule has 6 aromatic rings. The molecule has 6 heterocycles. The van der Waals surface area contributed by atoms with Crippen molar-refractivity contribution in [2.45, 2.75) is 51.0 Å². The molecule has 8 rings (SSSR count). The number of anilines is 2. The number of pyridine rings is 2. The van der Waals surface area contributed by atoms with Gasteiger partial charge in [0.2, 0.25) is 23.7 Å². The number of nitrogens with one attached hydrogen (secondary N) is 2. The molecular formula is C38H42Cl4N14O2. The number of aromatic nitrogens is 10. The molecule has 2 N–H and O–H groups in total. The van der Waals surface area contributed by atoms with Crippen LogP contribution in [-0.4, -0.2) is 113 Å². The third-order valence-electron chi connectivity index (χ3n) is 9.64. The van der Waals surface area contributed by atoms with E-state index in [1.807, 2.05) is 24.3 Å². The molecule has 0 spiro atoms. The Hall–Kier alpha value is -4.84. The second-order valence-electron chi connectivity index (χ2n) is 13.9. The standard InChI is InChI=1S/2C19H21Cl2N7O/c1-27-10-4-6-14(12-27)29-18-13(5-3-9-22-18)11-23-19-24-25-26-28(19)16-8-2-7-15(20)17(16)21;1-27-10-7-14(8-11-27)29-18-13(4-3-9-22-18)12-23-19-24-25-26-28(19)16-6-2-5-15(20)17(16)21/h2-3,5,7-9,14H,4,6,10-12H2,1H3,(H,23,24,26);2-6,9,14H,7-8,10-12H2,1H3,(H,23,24,26). The molecule has 16 nitrogen and oxygen atoms in total. The number of nitrogens with zero attached hydrogens (tertiary/aromatic N) is 12. The molecule has 2 aliphatic rings. The Kier molecular flexibility index (Phi) is 14.1. The number of likely N-dealkylation sites (tertiary alicyclic amines) is 2. The van der Waals surface area contributed by atoms with Gasteiger partial charge in [-0.15, -0.1) is 0 Å². The molecule has 1 unspecified atom stereocenters. The summed E-state index contributed by atoms with van der Waals surface area (Å²) in [4.78, 5) is 13.4. The van der Waals surface area contributed by atoms with Crippen LogP contribution in [0.4, 0.5) is 11.9 Å². The highest BCUT2D eigenvalue weighted by molar-refractivity contribution is 6.43. The van der Waals surface area contributed by atoms with E-state index in [-0.39, 0.29) is 12.2 Å². The second kappa shape index (κ2) is 19.7. The zero-order valence-electron chi connectivity index (χ0n) is 31.8. The number of hydrogen-bond acceptors (Lipinski definition) is 14. The number of likely N-dealkylation sites (N-methyl/N-ethyl adjacent to an activating group) is 1. The lowest BCUT2D eigenvalue weighted by Gasteiger charge is -2.30. The molecule has 0 saturated carbocycles. The maximum absolute atomic E-state index is 6.31. The van der Waals surface area contributed by atoms with Gasteiger partial charge in [-0.25, -0.2) is 9.97 Å². The van der Waals surface area contributed by atoms with Gasteiger partial charge in [0.05, 0.1) is 31.5 Å². The fraction of sp³-hybridized carbons (Fsp3) is 0.368. The average molecular weight is 869 g/mol. The minimum atomic E-state index is 0.137. The summed E-state index contributed by atoms with van der Waals surface area (Å²) in [5, 5.41) is 31.8. The first-order valence-corrected chi connectivity index (χ1v) is 20.3. The quantitative estimate of drug-likeness (QED) is 0.131. The molecule has 0 aliphatic carbocycles. The largest absolute Gasteiger partial charge is 0.474 e. The number of hydrogen-bond donors (Lipinski definition) is 2. The third kappa shape index (κ3) is 10.4. The molecular weight excluding hydrogens is 826 g/mol. The Balaban J connectivity index is 0.000000177. The summed E-state index contributed by atoms with van der Waals surface area (Å²) in [6.45, 7) is 4.96. The van der Waals surface area contributed by atoms with Gasteiger partial charge in [0.1, 0.15) is 12.2 Å². The Morgan fingerprint density at radius 1 is 0.621 bits per heavy atom. The molecule has 58 heavy (non-hydrogen) atoms. The Labute approximate surface area is 355 Å². The van der Waals surface area contributed by atoms with Crippen molar-refractivity contribution in [3.63, 3.8) is 0 Å². The van der Waals surface area contributed by atoms with Crippen molar-refractivity contribution in [3.05, 3.63) is 104 Å². The summed E-state index contributed by atoms with van der Waals surface area (Å²) in [6, 6.07) is 18.3. The first kappa shape index (κ1) is 41.3. The van der Waals surface area contributed by atoms with Crippen molar-refractivity contribution in [2.75, 3.05) is 50.9 Å². The topological polar surface area (TPSA) is 162 Å². The lowest BCUT2D eigenvalue weighted by atomic mass is 10.1. The molecule has 4 aromatic heterocycles. The van der Waals surface area contributed by atoms with Gasteiger partial charge in [0.15, 0.2) is 0 Å². The van der Waals surface area contributed by atoms with Crippen LogP contribution in [0.1, 0.15) is 36.8 Å². The van der Waals surface area contributed by atoms with E-state index in [4.69, 9.17) is 55.9 Å². The van der Waals surface area contributed by atoms with E-state index < -0.39 is 0 Å². The predicted molar refractivity (Wildman–Crippen MR) is 224 cm³/mol. The Morgan fingerprint density at radius 2 is 1.14 bits per heavy atom. The number of tetrazole rings is 2. The maximum Gasteiger partial charge on any atom is 0.248 e. The lowest BCUT2D eigenvalue weighted by molar-refractivity contribution is 0.0991. The minimum absolute atomic E-state index is 0.137. The molecule has 304 valence electrons. The van der Waals surface area contributed by atoms with Gasteiger partial charge in [-0.2, -0.15) is 9.36 Å². The van der Waals surface area contributed by atoms with E-state index in [1.54, 1.807) is 48.8 Å². The summed E-state index contributed by atoms with van der Waals surface area (Å²) >= 11 is 24.9. The average Bonchev–Trinajstić information content (AvgIpc) is 3.90. The molecule has 0 radical (unpaired) electrons. The number of halogens is 4. The highest BCUT2D eigenvalue weighted by atomic mass is 35.5. The van der Waals surface area contributed by atoms with Crippen LogP contribution in [0.5, 0.6) is 11.8 Å². The number of ether oxygens (including phenoxy) is 2. The first-order chi connectivity index (χ1) is 28.2. The number of piperidine rings is 2. The first-order valence-electron chi connectivity index (χ1n) is 18.7. The zero-order valence-corrected chi connectivity index (χ0v) is 34.9. The van der Waals surface area contributed by atoms with Gasteiger partial charge >= 0.3 is 0 Å². The highest BCUT2D eigenvalue weighted by Crippen LogP contribution is 2.31. The van der Waals surface area contributed by atoms with E-state index >= 15 is 0 Å². The molecule has 2 aromatic carbocycles. The van der Waals surface area contributed by atoms with Crippen LogP contribution in [0.3, 0.4) is 0 Å². The van der Waals surface area contributed by atoms with Crippen LogP contribution < -0.4 is 20.1 Å². The van der Waals surface area contributed by atoms with E-state index in [2.05, 4.69) is 75.5 Å². The van der Waals surface area contributed by atoms with Gasteiger partial charge < -0.3 is 29.9 Å². The molecule has 20 heteroatoms. The molecule has 1 atom stereocenters. The fourth-order valence-corrected chi connectivity index (χ4v) is 7.29. The van der Waals surface area contributed by atoms with Gasteiger partial charge in [-0.3, -0.25) is 0 Å².